The fraction of sp³-hybridized carbons (Fsp3) is 0.913. The molecule has 1 unspecified atom stereocenters. The molecule has 6 heteroatoms. The Balaban J connectivity index is 1.88. The third-order valence-corrected chi connectivity index (χ3v) is 7.33. The van der Waals surface area contributed by atoms with Crippen molar-refractivity contribution in [2.24, 2.45) is 16.8 Å². The first-order chi connectivity index (χ1) is 14.0. The monoisotopic (exact) mass is 408 g/mol. The van der Waals surface area contributed by atoms with Gasteiger partial charge < -0.3 is 21.2 Å². The molecule has 0 aromatic heterocycles. The summed E-state index contributed by atoms with van der Waals surface area (Å²) < 4.78 is 0. The third kappa shape index (κ3) is 7.25. The minimum Gasteiger partial charge on any atom is -0.409 e. The standard InChI is InChI=1S/C23H44N4O2/c1-19(28)23(14-7-4-8-15-23)25-17-12-21(11-16-24)13-18-27(20(2)26-29)22-9-5-3-6-10-22/h21-22,25,29H,3-18,24H2,1-2H3/b26-20+. The minimum atomic E-state index is -0.292. The average molecular weight is 409 g/mol. The number of rotatable bonds is 11. The largest absolute Gasteiger partial charge is 0.409 e. The SMILES string of the molecule is CC(=O)C1(NCCC(CCN)CCN(/C(C)=N/O)C2CCCCC2)CCCCC1. The van der Waals surface area contributed by atoms with E-state index in [2.05, 4.69) is 15.4 Å². The minimum absolute atomic E-state index is 0.292. The zero-order chi connectivity index (χ0) is 21.1. The number of nitrogens with zero attached hydrogens (tertiary/aromatic N) is 2. The number of nitrogens with two attached hydrogens (primary N) is 1. The Morgan fingerprint density at radius 2 is 1.76 bits per heavy atom. The molecule has 2 fully saturated rings. The van der Waals surface area contributed by atoms with Gasteiger partial charge in [0.1, 0.15) is 11.6 Å². The number of hydrogen-bond acceptors (Lipinski definition) is 5. The molecule has 29 heavy (non-hydrogen) atoms. The highest BCUT2D eigenvalue weighted by Crippen LogP contribution is 2.29. The Hall–Kier alpha value is -1.14. The molecule has 6 nitrogen and oxygen atoms in total. The summed E-state index contributed by atoms with van der Waals surface area (Å²) in [4.78, 5) is 14.6. The predicted molar refractivity (Wildman–Crippen MR) is 119 cm³/mol. The van der Waals surface area contributed by atoms with E-state index in [0.29, 0.717) is 24.3 Å². The lowest BCUT2D eigenvalue weighted by Crippen LogP contribution is -2.52. The van der Waals surface area contributed by atoms with Crippen molar-refractivity contribution in [1.29, 1.82) is 0 Å². The summed E-state index contributed by atoms with van der Waals surface area (Å²) in [6.45, 7) is 6.14. The summed E-state index contributed by atoms with van der Waals surface area (Å²) >= 11 is 0. The van der Waals surface area contributed by atoms with Crippen LogP contribution in [0.5, 0.6) is 0 Å². The van der Waals surface area contributed by atoms with Crippen molar-refractivity contribution >= 4 is 11.6 Å². The quantitative estimate of drug-likeness (QED) is 0.208. The maximum atomic E-state index is 12.3. The van der Waals surface area contributed by atoms with Crippen LogP contribution in [0.1, 0.15) is 97.3 Å². The molecule has 0 aromatic carbocycles. The van der Waals surface area contributed by atoms with Crippen molar-refractivity contribution < 1.29 is 10.0 Å². The van der Waals surface area contributed by atoms with Crippen LogP contribution < -0.4 is 11.1 Å². The normalized spacial score (nSPS) is 21.7. The number of carbonyl (C=O) groups is 1. The third-order valence-electron chi connectivity index (χ3n) is 7.33. The van der Waals surface area contributed by atoms with Gasteiger partial charge in [-0.1, -0.05) is 43.7 Å². The van der Waals surface area contributed by atoms with E-state index in [1.165, 1.54) is 38.5 Å². The molecule has 2 rings (SSSR count). The lowest BCUT2D eigenvalue weighted by molar-refractivity contribution is -0.124. The molecular formula is C23H44N4O2. The molecule has 1 atom stereocenters. The van der Waals surface area contributed by atoms with Crippen LogP contribution in [0, 0.1) is 5.92 Å². The van der Waals surface area contributed by atoms with E-state index in [1.807, 2.05) is 6.92 Å². The van der Waals surface area contributed by atoms with Crippen LogP contribution in [0.2, 0.25) is 0 Å². The smallest absolute Gasteiger partial charge is 0.149 e. The van der Waals surface area contributed by atoms with Crippen molar-refractivity contribution in [3.8, 4) is 0 Å². The molecule has 4 N–H and O–H groups in total. The van der Waals surface area contributed by atoms with E-state index in [4.69, 9.17) is 5.73 Å². The zero-order valence-electron chi connectivity index (χ0n) is 18.8. The van der Waals surface area contributed by atoms with Crippen molar-refractivity contribution in [3.05, 3.63) is 0 Å². The molecule has 0 radical (unpaired) electrons. The van der Waals surface area contributed by atoms with Crippen molar-refractivity contribution in [2.45, 2.75) is 109 Å². The average Bonchev–Trinajstić information content (AvgIpc) is 2.75. The second kappa shape index (κ2) is 12.5. The van der Waals surface area contributed by atoms with Crippen LogP contribution in [0.15, 0.2) is 5.16 Å². The molecule has 0 heterocycles. The molecule has 2 aliphatic carbocycles. The van der Waals surface area contributed by atoms with Gasteiger partial charge in [0.05, 0.1) is 5.54 Å². The van der Waals surface area contributed by atoms with E-state index in [-0.39, 0.29) is 5.54 Å². The second-order valence-corrected chi connectivity index (χ2v) is 9.28. The molecular weight excluding hydrogens is 364 g/mol. The molecule has 2 aliphatic rings. The van der Waals surface area contributed by atoms with Gasteiger partial charge in [-0.25, -0.2) is 0 Å². The molecule has 0 spiro atoms. The molecule has 0 aliphatic heterocycles. The molecule has 168 valence electrons. The number of Topliss-reactive ketones (excluding diaryl/α,β-unsaturated/α-hetero) is 1. The van der Waals surface area contributed by atoms with E-state index in [1.54, 1.807) is 6.92 Å². The predicted octanol–water partition coefficient (Wildman–Crippen LogP) is 4.06. The number of amidine groups is 1. The molecule has 0 aromatic rings. The fourth-order valence-electron chi connectivity index (χ4n) is 5.37. The van der Waals surface area contributed by atoms with E-state index < -0.39 is 0 Å². The molecule has 0 amide bonds. The van der Waals surface area contributed by atoms with Gasteiger partial charge in [-0.15, -0.1) is 0 Å². The first-order valence-corrected chi connectivity index (χ1v) is 11.9. The zero-order valence-corrected chi connectivity index (χ0v) is 18.8. The summed E-state index contributed by atoms with van der Waals surface area (Å²) in [5.74, 6) is 1.56. The van der Waals surface area contributed by atoms with Gasteiger partial charge in [-0.3, -0.25) is 4.79 Å². The Bertz CT molecular complexity index is 511. The summed E-state index contributed by atoms with van der Waals surface area (Å²) in [6.07, 6.45) is 14.8. The number of ketones is 1. The highest BCUT2D eigenvalue weighted by molar-refractivity contribution is 5.86. The Morgan fingerprint density at radius 1 is 1.10 bits per heavy atom. The van der Waals surface area contributed by atoms with Crippen molar-refractivity contribution in [3.63, 3.8) is 0 Å². The van der Waals surface area contributed by atoms with Gasteiger partial charge in [-0.2, -0.15) is 0 Å². The van der Waals surface area contributed by atoms with Crippen LogP contribution in [-0.2, 0) is 4.79 Å². The van der Waals surface area contributed by atoms with Gasteiger partial charge in [0, 0.05) is 12.6 Å². The van der Waals surface area contributed by atoms with Gasteiger partial charge in [-0.05, 0) is 77.8 Å². The lowest BCUT2D eigenvalue weighted by atomic mass is 9.78. The van der Waals surface area contributed by atoms with E-state index in [9.17, 15) is 10.0 Å². The Morgan fingerprint density at radius 3 is 2.34 bits per heavy atom. The molecule has 0 saturated heterocycles. The Labute approximate surface area is 177 Å². The van der Waals surface area contributed by atoms with Gasteiger partial charge in [0.25, 0.3) is 0 Å². The summed E-state index contributed by atoms with van der Waals surface area (Å²) in [6, 6.07) is 0.500. The van der Waals surface area contributed by atoms with Gasteiger partial charge >= 0.3 is 0 Å². The van der Waals surface area contributed by atoms with E-state index >= 15 is 0 Å². The van der Waals surface area contributed by atoms with Crippen LogP contribution in [0.4, 0.5) is 0 Å². The lowest BCUT2D eigenvalue weighted by Gasteiger charge is -2.37. The highest BCUT2D eigenvalue weighted by Gasteiger charge is 2.36. The highest BCUT2D eigenvalue weighted by atomic mass is 16.4. The van der Waals surface area contributed by atoms with Gasteiger partial charge in [0.2, 0.25) is 0 Å². The van der Waals surface area contributed by atoms with Crippen LogP contribution in [0.25, 0.3) is 0 Å². The first kappa shape index (κ1) is 24.1. The number of nitrogens with one attached hydrogen (secondary N) is 1. The first-order valence-electron chi connectivity index (χ1n) is 11.9. The van der Waals surface area contributed by atoms with Crippen LogP contribution in [-0.4, -0.2) is 52.9 Å². The number of oxime groups is 1. The Kier molecular flexibility index (Phi) is 10.4. The summed E-state index contributed by atoms with van der Waals surface area (Å²) in [5, 5.41) is 16.5. The van der Waals surface area contributed by atoms with Crippen LogP contribution >= 0.6 is 0 Å². The number of carbonyl (C=O) groups excluding carboxylic acids is 1. The number of hydrogen-bond donors (Lipinski definition) is 3. The van der Waals surface area contributed by atoms with Crippen molar-refractivity contribution in [1.82, 2.24) is 10.2 Å². The van der Waals surface area contributed by atoms with Gasteiger partial charge in [0.15, 0.2) is 0 Å². The molecule has 2 saturated carbocycles. The molecule has 0 bridgehead atoms. The van der Waals surface area contributed by atoms with Crippen molar-refractivity contribution in [2.75, 3.05) is 19.6 Å². The summed E-state index contributed by atoms with van der Waals surface area (Å²) in [5.41, 5.74) is 5.61. The summed E-state index contributed by atoms with van der Waals surface area (Å²) in [7, 11) is 0. The maximum absolute atomic E-state index is 12.3. The van der Waals surface area contributed by atoms with E-state index in [0.717, 1.165) is 63.9 Å². The van der Waals surface area contributed by atoms with Crippen LogP contribution in [0.3, 0.4) is 0 Å². The second-order valence-electron chi connectivity index (χ2n) is 9.28. The fourth-order valence-corrected chi connectivity index (χ4v) is 5.37. The topological polar surface area (TPSA) is 91.0 Å². The maximum Gasteiger partial charge on any atom is 0.149 e.